The molecule has 7 heteroatoms. The standard InChI is InChI=1S/C22H17ClN2O3S/c23-15-10-11-19-18(12-15)25(22(27)14-28-19)13-21(26)24-17-8-4-5-9-20(17)29-16-6-2-1-3-7-16/h1-12H,13-14H2,(H,24,26). The van der Waals surface area contributed by atoms with Crippen LogP contribution in [0.3, 0.4) is 0 Å². The van der Waals surface area contributed by atoms with Crippen LogP contribution in [0, 0.1) is 0 Å². The maximum atomic E-state index is 12.7. The number of fused-ring (bicyclic) bond motifs is 1. The van der Waals surface area contributed by atoms with Crippen LogP contribution in [-0.4, -0.2) is 25.0 Å². The molecule has 29 heavy (non-hydrogen) atoms. The highest BCUT2D eigenvalue weighted by Crippen LogP contribution is 2.35. The van der Waals surface area contributed by atoms with E-state index >= 15 is 0 Å². The van der Waals surface area contributed by atoms with Gasteiger partial charge in [-0.15, -0.1) is 0 Å². The van der Waals surface area contributed by atoms with Gasteiger partial charge in [0.05, 0.1) is 11.4 Å². The Morgan fingerprint density at radius 1 is 1.07 bits per heavy atom. The minimum atomic E-state index is -0.299. The van der Waals surface area contributed by atoms with Crippen molar-refractivity contribution in [2.24, 2.45) is 0 Å². The minimum absolute atomic E-state index is 0.109. The Bertz CT molecular complexity index is 1060. The highest BCUT2D eigenvalue weighted by atomic mass is 35.5. The van der Waals surface area contributed by atoms with Gasteiger partial charge in [-0.05, 0) is 42.5 Å². The zero-order chi connectivity index (χ0) is 20.2. The third-order valence-electron chi connectivity index (χ3n) is 4.30. The molecule has 0 unspecified atom stereocenters. The zero-order valence-electron chi connectivity index (χ0n) is 15.3. The van der Waals surface area contributed by atoms with E-state index in [0.29, 0.717) is 22.1 Å². The number of benzene rings is 3. The quantitative estimate of drug-likeness (QED) is 0.635. The Hall–Kier alpha value is -2.96. The van der Waals surface area contributed by atoms with Gasteiger partial charge in [-0.25, -0.2) is 0 Å². The number of hydrogen-bond acceptors (Lipinski definition) is 4. The van der Waals surface area contributed by atoms with Gasteiger partial charge >= 0.3 is 0 Å². The van der Waals surface area contributed by atoms with E-state index in [1.807, 2.05) is 54.6 Å². The van der Waals surface area contributed by atoms with E-state index in [-0.39, 0.29) is 25.0 Å². The molecule has 3 aromatic carbocycles. The first-order valence-corrected chi connectivity index (χ1v) is 10.1. The number of rotatable bonds is 5. The Labute approximate surface area is 177 Å². The van der Waals surface area contributed by atoms with Crippen LogP contribution in [0.25, 0.3) is 0 Å². The Kier molecular flexibility index (Phi) is 5.74. The fourth-order valence-corrected chi connectivity index (χ4v) is 4.05. The molecule has 4 rings (SSSR count). The summed E-state index contributed by atoms with van der Waals surface area (Å²) in [7, 11) is 0. The fraction of sp³-hybridized carbons (Fsp3) is 0.0909. The number of nitrogens with one attached hydrogen (secondary N) is 1. The molecule has 2 amide bonds. The predicted molar refractivity (Wildman–Crippen MR) is 115 cm³/mol. The van der Waals surface area contributed by atoms with Gasteiger partial charge < -0.3 is 10.1 Å². The summed E-state index contributed by atoms with van der Waals surface area (Å²) in [6.07, 6.45) is 0. The van der Waals surface area contributed by atoms with Crippen molar-refractivity contribution in [1.29, 1.82) is 0 Å². The molecule has 146 valence electrons. The lowest BCUT2D eigenvalue weighted by molar-refractivity contribution is -0.123. The molecule has 0 radical (unpaired) electrons. The topological polar surface area (TPSA) is 58.6 Å². The molecule has 1 aliphatic heterocycles. The molecule has 1 aliphatic rings. The minimum Gasteiger partial charge on any atom is -0.482 e. The molecular formula is C22H17ClN2O3S. The second kappa shape index (κ2) is 8.59. The predicted octanol–water partition coefficient (Wildman–Crippen LogP) is 4.86. The van der Waals surface area contributed by atoms with E-state index in [9.17, 15) is 9.59 Å². The van der Waals surface area contributed by atoms with Gasteiger partial charge in [-0.3, -0.25) is 14.5 Å². The number of ether oxygens (including phenoxy) is 1. The molecule has 0 spiro atoms. The van der Waals surface area contributed by atoms with Gasteiger partial charge in [-0.1, -0.05) is 53.7 Å². The molecule has 0 fully saturated rings. The van der Waals surface area contributed by atoms with Crippen LogP contribution in [-0.2, 0) is 9.59 Å². The highest BCUT2D eigenvalue weighted by Gasteiger charge is 2.27. The van der Waals surface area contributed by atoms with Crippen molar-refractivity contribution in [3.05, 3.63) is 77.8 Å². The molecular weight excluding hydrogens is 408 g/mol. The van der Waals surface area contributed by atoms with Crippen molar-refractivity contribution in [3.63, 3.8) is 0 Å². The van der Waals surface area contributed by atoms with E-state index in [0.717, 1.165) is 9.79 Å². The summed E-state index contributed by atoms with van der Waals surface area (Å²) in [5.41, 5.74) is 1.19. The van der Waals surface area contributed by atoms with E-state index in [1.165, 1.54) is 4.90 Å². The van der Waals surface area contributed by atoms with Crippen LogP contribution < -0.4 is 15.0 Å². The second-order valence-electron chi connectivity index (χ2n) is 6.34. The summed E-state index contributed by atoms with van der Waals surface area (Å²) in [6.45, 7) is -0.234. The summed E-state index contributed by atoms with van der Waals surface area (Å²) in [6, 6.07) is 22.5. The summed E-state index contributed by atoms with van der Waals surface area (Å²) >= 11 is 7.62. The third kappa shape index (κ3) is 4.55. The fourth-order valence-electron chi connectivity index (χ4n) is 2.96. The first kappa shape index (κ1) is 19.4. The number of hydrogen-bond donors (Lipinski definition) is 1. The van der Waals surface area contributed by atoms with Crippen molar-refractivity contribution in [2.75, 3.05) is 23.4 Å². The first-order chi connectivity index (χ1) is 14.1. The molecule has 0 saturated heterocycles. The second-order valence-corrected chi connectivity index (χ2v) is 7.89. The van der Waals surface area contributed by atoms with Gasteiger partial charge in [0.2, 0.25) is 5.91 Å². The van der Waals surface area contributed by atoms with E-state index in [1.54, 1.807) is 30.0 Å². The summed E-state index contributed by atoms with van der Waals surface area (Å²) in [4.78, 5) is 28.5. The molecule has 5 nitrogen and oxygen atoms in total. The monoisotopic (exact) mass is 424 g/mol. The lowest BCUT2D eigenvalue weighted by Crippen LogP contribution is -2.43. The van der Waals surface area contributed by atoms with Gasteiger partial charge in [0.25, 0.3) is 5.91 Å². The number of anilines is 2. The normalized spacial score (nSPS) is 12.9. The van der Waals surface area contributed by atoms with Crippen molar-refractivity contribution in [1.82, 2.24) is 0 Å². The van der Waals surface area contributed by atoms with Crippen molar-refractivity contribution in [3.8, 4) is 5.75 Å². The van der Waals surface area contributed by atoms with Crippen molar-refractivity contribution < 1.29 is 14.3 Å². The average molecular weight is 425 g/mol. The van der Waals surface area contributed by atoms with Crippen LogP contribution >= 0.6 is 23.4 Å². The largest absolute Gasteiger partial charge is 0.482 e. The Morgan fingerprint density at radius 2 is 1.83 bits per heavy atom. The molecule has 0 atom stereocenters. The molecule has 1 heterocycles. The number of halogens is 1. The van der Waals surface area contributed by atoms with Crippen LogP contribution in [0.5, 0.6) is 5.75 Å². The van der Waals surface area contributed by atoms with Crippen molar-refractivity contribution >= 4 is 46.6 Å². The highest BCUT2D eigenvalue weighted by molar-refractivity contribution is 7.99. The van der Waals surface area contributed by atoms with E-state index in [2.05, 4.69) is 5.32 Å². The summed E-state index contributed by atoms with van der Waals surface area (Å²) in [5, 5.41) is 3.39. The smallest absolute Gasteiger partial charge is 0.265 e. The van der Waals surface area contributed by atoms with Crippen LogP contribution in [0.15, 0.2) is 82.6 Å². The number of amides is 2. The Morgan fingerprint density at radius 3 is 2.66 bits per heavy atom. The Balaban J connectivity index is 1.51. The first-order valence-electron chi connectivity index (χ1n) is 8.94. The third-order valence-corrected chi connectivity index (χ3v) is 5.62. The van der Waals surface area contributed by atoms with Crippen LogP contribution in [0.2, 0.25) is 5.02 Å². The average Bonchev–Trinajstić information content (AvgIpc) is 2.72. The maximum absolute atomic E-state index is 12.7. The molecule has 0 aliphatic carbocycles. The molecule has 0 aromatic heterocycles. The summed E-state index contributed by atoms with van der Waals surface area (Å²) < 4.78 is 5.42. The van der Waals surface area contributed by atoms with E-state index < -0.39 is 0 Å². The lowest BCUT2D eigenvalue weighted by Gasteiger charge is -2.29. The van der Waals surface area contributed by atoms with Gasteiger partial charge in [0.1, 0.15) is 12.3 Å². The molecule has 0 saturated carbocycles. The number of para-hydroxylation sites is 1. The maximum Gasteiger partial charge on any atom is 0.265 e. The summed E-state index contributed by atoms with van der Waals surface area (Å²) in [5.74, 6) is -0.0593. The number of carbonyl (C=O) groups excluding carboxylic acids is 2. The zero-order valence-corrected chi connectivity index (χ0v) is 16.9. The van der Waals surface area contributed by atoms with Crippen LogP contribution in [0.1, 0.15) is 0 Å². The van der Waals surface area contributed by atoms with Crippen LogP contribution in [0.4, 0.5) is 11.4 Å². The van der Waals surface area contributed by atoms with E-state index in [4.69, 9.17) is 16.3 Å². The van der Waals surface area contributed by atoms with Gasteiger partial charge in [-0.2, -0.15) is 0 Å². The van der Waals surface area contributed by atoms with Gasteiger partial charge in [0.15, 0.2) is 6.61 Å². The molecule has 3 aromatic rings. The SMILES string of the molecule is O=C(CN1C(=O)COc2ccc(Cl)cc21)Nc1ccccc1Sc1ccccc1. The number of carbonyl (C=O) groups is 2. The lowest BCUT2D eigenvalue weighted by atomic mass is 10.2. The molecule has 0 bridgehead atoms. The van der Waals surface area contributed by atoms with Gasteiger partial charge in [0, 0.05) is 14.8 Å². The number of nitrogens with zero attached hydrogens (tertiary/aromatic N) is 1. The van der Waals surface area contributed by atoms with Crippen molar-refractivity contribution in [2.45, 2.75) is 9.79 Å². The molecule has 1 N–H and O–H groups in total.